The number of para-hydroxylation sites is 1. The van der Waals surface area contributed by atoms with Gasteiger partial charge < -0.3 is 14.4 Å². The first kappa shape index (κ1) is 18.3. The van der Waals surface area contributed by atoms with Crippen molar-refractivity contribution in [1.29, 1.82) is 0 Å². The van der Waals surface area contributed by atoms with Crippen LogP contribution in [0.4, 0.5) is 0 Å². The molecule has 1 aliphatic rings. The smallest absolute Gasteiger partial charge is 0.272 e. The van der Waals surface area contributed by atoms with Crippen molar-refractivity contribution in [3.63, 3.8) is 0 Å². The van der Waals surface area contributed by atoms with Crippen molar-refractivity contribution in [3.8, 4) is 11.5 Å². The quantitative estimate of drug-likeness (QED) is 0.669. The molecule has 1 aromatic heterocycles. The van der Waals surface area contributed by atoms with Gasteiger partial charge in [-0.3, -0.25) is 4.79 Å². The van der Waals surface area contributed by atoms with Gasteiger partial charge in [0.1, 0.15) is 5.69 Å². The fourth-order valence-electron chi connectivity index (χ4n) is 3.62. The van der Waals surface area contributed by atoms with E-state index in [0.717, 1.165) is 34.4 Å². The Morgan fingerprint density at radius 2 is 1.71 bits per heavy atom. The third-order valence-corrected chi connectivity index (χ3v) is 4.98. The van der Waals surface area contributed by atoms with Crippen LogP contribution in [0.3, 0.4) is 0 Å². The average Bonchev–Trinajstić information content (AvgIpc) is 2.73. The number of ether oxygens (including phenoxy) is 2. The number of aromatic nitrogens is 1. The van der Waals surface area contributed by atoms with Crippen LogP contribution in [0.25, 0.3) is 10.9 Å². The topological polar surface area (TPSA) is 51.7 Å². The SMILES string of the molecule is CCOc1cc2c(cc1OCC)CN(C(=O)c1ccc3ccccc3n1)CC2. The van der Waals surface area contributed by atoms with Gasteiger partial charge in [-0.25, -0.2) is 4.98 Å². The van der Waals surface area contributed by atoms with Gasteiger partial charge in [0.25, 0.3) is 5.91 Å². The molecule has 0 N–H and O–H groups in total. The highest BCUT2D eigenvalue weighted by molar-refractivity contribution is 5.95. The zero-order chi connectivity index (χ0) is 19.5. The second-order valence-electron chi connectivity index (χ2n) is 6.80. The molecule has 28 heavy (non-hydrogen) atoms. The van der Waals surface area contributed by atoms with Crippen molar-refractivity contribution >= 4 is 16.8 Å². The summed E-state index contributed by atoms with van der Waals surface area (Å²) in [5, 5.41) is 1.04. The fourth-order valence-corrected chi connectivity index (χ4v) is 3.62. The molecule has 2 heterocycles. The highest BCUT2D eigenvalue weighted by Crippen LogP contribution is 2.34. The lowest BCUT2D eigenvalue weighted by atomic mass is 9.98. The van der Waals surface area contributed by atoms with Gasteiger partial charge in [-0.15, -0.1) is 0 Å². The summed E-state index contributed by atoms with van der Waals surface area (Å²) in [6.07, 6.45) is 0.793. The summed E-state index contributed by atoms with van der Waals surface area (Å²) in [6.45, 7) is 6.30. The molecule has 0 aliphatic carbocycles. The first-order valence-electron chi connectivity index (χ1n) is 9.76. The Kier molecular flexibility index (Phi) is 5.15. The molecule has 0 unspecified atom stereocenters. The molecule has 0 bridgehead atoms. The molecule has 0 fully saturated rings. The molecule has 0 radical (unpaired) electrons. The van der Waals surface area contributed by atoms with E-state index in [9.17, 15) is 4.79 Å². The van der Waals surface area contributed by atoms with Gasteiger partial charge in [0.15, 0.2) is 11.5 Å². The molecule has 4 rings (SSSR count). The Labute approximate surface area is 164 Å². The minimum absolute atomic E-state index is 0.0387. The minimum atomic E-state index is -0.0387. The van der Waals surface area contributed by atoms with Gasteiger partial charge in [-0.05, 0) is 55.7 Å². The Bertz CT molecular complexity index is 1020. The molecule has 144 valence electrons. The Balaban J connectivity index is 1.60. The van der Waals surface area contributed by atoms with E-state index in [-0.39, 0.29) is 5.91 Å². The Hall–Kier alpha value is -3.08. The second kappa shape index (κ2) is 7.89. The molecule has 3 aromatic rings. The fraction of sp³-hybridized carbons (Fsp3) is 0.304. The van der Waals surface area contributed by atoms with Crippen LogP contribution in [0.15, 0.2) is 48.5 Å². The van der Waals surface area contributed by atoms with Gasteiger partial charge in [-0.1, -0.05) is 24.3 Å². The Morgan fingerprint density at radius 1 is 1.00 bits per heavy atom. The van der Waals surface area contributed by atoms with Crippen molar-refractivity contribution in [3.05, 3.63) is 65.4 Å². The summed E-state index contributed by atoms with van der Waals surface area (Å²) in [4.78, 5) is 19.5. The normalized spacial score (nSPS) is 13.3. The monoisotopic (exact) mass is 376 g/mol. The lowest BCUT2D eigenvalue weighted by molar-refractivity contribution is 0.0729. The molecule has 1 amide bonds. The third kappa shape index (κ3) is 3.52. The maximum Gasteiger partial charge on any atom is 0.272 e. The predicted octanol–water partition coefficient (Wildman–Crippen LogP) is 4.23. The first-order valence-corrected chi connectivity index (χ1v) is 9.76. The minimum Gasteiger partial charge on any atom is -0.490 e. The van der Waals surface area contributed by atoms with Crippen LogP contribution in [-0.4, -0.2) is 35.5 Å². The van der Waals surface area contributed by atoms with E-state index in [1.807, 2.05) is 61.2 Å². The average molecular weight is 376 g/mol. The summed E-state index contributed by atoms with van der Waals surface area (Å²) >= 11 is 0. The molecule has 5 nitrogen and oxygen atoms in total. The van der Waals surface area contributed by atoms with E-state index in [2.05, 4.69) is 11.1 Å². The van der Waals surface area contributed by atoms with E-state index in [4.69, 9.17) is 9.47 Å². The number of carbonyl (C=O) groups is 1. The van der Waals surface area contributed by atoms with E-state index >= 15 is 0 Å². The number of carbonyl (C=O) groups excluding carboxylic acids is 1. The molecule has 0 saturated carbocycles. The predicted molar refractivity (Wildman–Crippen MR) is 109 cm³/mol. The number of amides is 1. The van der Waals surface area contributed by atoms with Crippen LogP contribution >= 0.6 is 0 Å². The lowest BCUT2D eigenvalue weighted by Crippen LogP contribution is -2.36. The van der Waals surface area contributed by atoms with Crippen LogP contribution in [0.2, 0.25) is 0 Å². The molecule has 5 heteroatoms. The van der Waals surface area contributed by atoms with Crippen LogP contribution in [-0.2, 0) is 13.0 Å². The Morgan fingerprint density at radius 3 is 2.46 bits per heavy atom. The van der Waals surface area contributed by atoms with Crippen molar-refractivity contribution < 1.29 is 14.3 Å². The number of hydrogen-bond acceptors (Lipinski definition) is 4. The first-order chi connectivity index (χ1) is 13.7. The van der Waals surface area contributed by atoms with Crippen LogP contribution in [0.1, 0.15) is 35.5 Å². The van der Waals surface area contributed by atoms with Crippen molar-refractivity contribution in [1.82, 2.24) is 9.88 Å². The summed E-state index contributed by atoms with van der Waals surface area (Å²) in [5.41, 5.74) is 3.64. The number of pyridine rings is 1. The largest absolute Gasteiger partial charge is 0.490 e. The molecular weight excluding hydrogens is 352 g/mol. The van der Waals surface area contributed by atoms with Crippen LogP contribution in [0.5, 0.6) is 11.5 Å². The van der Waals surface area contributed by atoms with Gasteiger partial charge in [0, 0.05) is 18.5 Å². The molecule has 0 spiro atoms. The summed E-state index contributed by atoms with van der Waals surface area (Å²) in [6, 6.07) is 15.7. The van der Waals surface area contributed by atoms with Crippen LogP contribution in [0, 0.1) is 0 Å². The highest BCUT2D eigenvalue weighted by Gasteiger charge is 2.24. The zero-order valence-corrected chi connectivity index (χ0v) is 16.3. The molecule has 2 aromatic carbocycles. The second-order valence-corrected chi connectivity index (χ2v) is 6.80. The zero-order valence-electron chi connectivity index (χ0n) is 16.3. The molecule has 0 saturated heterocycles. The van der Waals surface area contributed by atoms with Gasteiger partial charge in [-0.2, -0.15) is 0 Å². The summed E-state index contributed by atoms with van der Waals surface area (Å²) < 4.78 is 11.5. The van der Waals surface area contributed by atoms with Gasteiger partial charge >= 0.3 is 0 Å². The standard InChI is InChI=1S/C23H24N2O3/c1-3-27-21-13-17-11-12-25(15-18(17)14-22(21)28-4-2)23(26)20-10-9-16-7-5-6-8-19(16)24-20/h5-10,13-14H,3-4,11-12,15H2,1-2H3. The molecule has 0 atom stereocenters. The molecular formula is C23H24N2O3. The summed E-state index contributed by atoms with van der Waals surface area (Å²) in [7, 11) is 0. The van der Waals surface area contributed by atoms with Crippen molar-refractivity contribution in [2.24, 2.45) is 0 Å². The van der Waals surface area contributed by atoms with E-state index in [1.165, 1.54) is 5.56 Å². The van der Waals surface area contributed by atoms with E-state index in [1.54, 1.807) is 0 Å². The number of nitrogens with zero attached hydrogens (tertiary/aromatic N) is 2. The number of fused-ring (bicyclic) bond motifs is 2. The maximum absolute atomic E-state index is 13.0. The van der Waals surface area contributed by atoms with Crippen LogP contribution < -0.4 is 9.47 Å². The van der Waals surface area contributed by atoms with Gasteiger partial charge in [0.05, 0.1) is 18.7 Å². The maximum atomic E-state index is 13.0. The van der Waals surface area contributed by atoms with Crippen molar-refractivity contribution in [2.45, 2.75) is 26.8 Å². The third-order valence-electron chi connectivity index (χ3n) is 4.98. The van der Waals surface area contributed by atoms with E-state index < -0.39 is 0 Å². The number of benzene rings is 2. The number of hydrogen-bond donors (Lipinski definition) is 0. The van der Waals surface area contributed by atoms with Gasteiger partial charge in [0.2, 0.25) is 0 Å². The van der Waals surface area contributed by atoms with E-state index in [0.29, 0.717) is 32.0 Å². The lowest BCUT2D eigenvalue weighted by Gasteiger charge is -2.29. The highest BCUT2D eigenvalue weighted by atomic mass is 16.5. The number of rotatable bonds is 5. The van der Waals surface area contributed by atoms with Crippen molar-refractivity contribution in [2.75, 3.05) is 19.8 Å². The molecule has 1 aliphatic heterocycles. The summed E-state index contributed by atoms with van der Waals surface area (Å²) in [5.74, 6) is 1.48.